The predicted octanol–water partition coefficient (Wildman–Crippen LogP) is 2.29. The maximum Gasteiger partial charge on any atom is 0.357 e. The van der Waals surface area contributed by atoms with E-state index in [0.29, 0.717) is 11.4 Å². The molecule has 22 heavy (non-hydrogen) atoms. The van der Waals surface area contributed by atoms with E-state index in [1.165, 1.54) is 6.92 Å². The molecule has 0 aliphatic rings. The van der Waals surface area contributed by atoms with Crippen molar-refractivity contribution in [3.63, 3.8) is 0 Å². The fraction of sp³-hybridized carbons (Fsp3) is 0.0833. The number of nitrogens with zero attached hydrogens (tertiary/aromatic N) is 2. The van der Waals surface area contributed by atoms with Gasteiger partial charge in [-0.2, -0.15) is 0 Å². The van der Waals surface area contributed by atoms with Crippen LogP contribution in [0.4, 0.5) is 17.2 Å². The van der Waals surface area contributed by atoms with Crippen LogP contribution in [0.15, 0.2) is 28.7 Å². The SMILES string of the molecule is CC(=O)Nc1ccc(NC(=O)c2n[nH]c([N+](=O)[O-])c2Br)cc1. The van der Waals surface area contributed by atoms with Crippen molar-refractivity contribution >= 4 is 44.9 Å². The smallest absolute Gasteiger partial charge is 0.357 e. The van der Waals surface area contributed by atoms with Gasteiger partial charge in [-0.25, -0.2) is 0 Å². The number of halogens is 1. The van der Waals surface area contributed by atoms with E-state index in [0.717, 1.165) is 0 Å². The third-order valence-electron chi connectivity index (χ3n) is 2.55. The monoisotopic (exact) mass is 367 g/mol. The van der Waals surface area contributed by atoms with Crippen LogP contribution >= 0.6 is 15.9 Å². The zero-order valence-corrected chi connectivity index (χ0v) is 12.8. The zero-order valence-electron chi connectivity index (χ0n) is 11.2. The van der Waals surface area contributed by atoms with Crippen molar-refractivity contribution in [1.29, 1.82) is 0 Å². The van der Waals surface area contributed by atoms with Crippen molar-refractivity contribution in [2.45, 2.75) is 6.92 Å². The van der Waals surface area contributed by atoms with Gasteiger partial charge in [-0.1, -0.05) is 5.10 Å². The molecule has 1 aromatic heterocycles. The fourth-order valence-electron chi connectivity index (χ4n) is 1.62. The first-order chi connectivity index (χ1) is 10.4. The summed E-state index contributed by atoms with van der Waals surface area (Å²) in [7, 11) is 0. The highest BCUT2D eigenvalue weighted by atomic mass is 79.9. The molecular formula is C12H10BrN5O4. The number of nitrogens with one attached hydrogen (secondary N) is 3. The molecule has 1 aromatic carbocycles. The Bertz CT molecular complexity index is 740. The number of anilines is 2. The summed E-state index contributed by atoms with van der Waals surface area (Å²) in [6, 6.07) is 6.38. The third kappa shape index (κ3) is 3.47. The lowest BCUT2D eigenvalue weighted by Gasteiger charge is -2.05. The molecule has 0 atom stereocenters. The molecule has 0 saturated heterocycles. The largest absolute Gasteiger partial charge is 0.358 e. The number of aromatic amines is 1. The number of hydrogen-bond acceptors (Lipinski definition) is 5. The zero-order chi connectivity index (χ0) is 16.3. The Hall–Kier alpha value is -2.75. The lowest BCUT2D eigenvalue weighted by atomic mass is 10.2. The van der Waals surface area contributed by atoms with E-state index >= 15 is 0 Å². The van der Waals surface area contributed by atoms with Gasteiger partial charge in [-0.05, 0) is 45.1 Å². The van der Waals surface area contributed by atoms with E-state index in [1.54, 1.807) is 24.3 Å². The van der Waals surface area contributed by atoms with E-state index < -0.39 is 16.6 Å². The van der Waals surface area contributed by atoms with Crippen LogP contribution in [0.2, 0.25) is 0 Å². The molecule has 3 N–H and O–H groups in total. The standard InChI is InChI=1S/C12H10BrN5O4/c1-6(19)14-7-2-4-8(5-3-7)15-12(20)10-9(13)11(17-16-10)18(21)22/h2-5H,1H3,(H,14,19)(H,15,20)(H,16,17). The third-order valence-corrected chi connectivity index (χ3v) is 3.30. The van der Waals surface area contributed by atoms with Gasteiger partial charge in [-0.3, -0.25) is 9.59 Å². The van der Waals surface area contributed by atoms with Gasteiger partial charge in [0.1, 0.15) is 4.47 Å². The summed E-state index contributed by atoms with van der Waals surface area (Å²) in [5.41, 5.74) is 0.913. The minimum absolute atomic E-state index is 0.0233. The fourth-order valence-corrected chi connectivity index (χ4v) is 2.12. The van der Waals surface area contributed by atoms with Crippen molar-refractivity contribution < 1.29 is 14.5 Å². The average molecular weight is 368 g/mol. The quantitative estimate of drug-likeness (QED) is 0.563. The first-order valence-electron chi connectivity index (χ1n) is 5.95. The summed E-state index contributed by atoms with van der Waals surface area (Å²) >= 11 is 2.96. The Morgan fingerprint density at radius 1 is 1.23 bits per heavy atom. The first-order valence-corrected chi connectivity index (χ1v) is 6.75. The number of rotatable bonds is 4. The molecule has 0 aliphatic carbocycles. The van der Waals surface area contributed by atoms with Crippen LogP contribution in [0.3, 0.4) is 0 Å². The molecule has 114 valence electrons. The summed E-state index contributed by atoms with van der Waals surface area (Å²) in [6.07, 6.45) is 0. The second kappa shape index (κ2) is 6.35. The molecule has 2 rings (SSSR count). The normalized spacial score (nSPS) is 10.1. The van der Waals surface area contributed by atoms with Crippen LogP contribution < -0.4 is 10.6 Å². The van der Waals surface area contributed by atoms with Gasteiger partial charge in [0.2, 0.25) is 5.91 Å². The molecule has 0 unspecified atom stereocenters. The number of amides is 2. The number of carbonyl (C=O) groups is 2. The van der Waals surface area contributed by atoms with Crippen molar-refractivity contribution in [1.82, 2.24) is 10.2 Å². The number of H-pyrrole nitrogens is 1. The van der Waals surface area contributed by atoms with Crippen LogP contribution in [0.25, 0.3) is 0 Å². The van der Waals surface area contributed by atoms with E-state index in [-0.39, 0.29) is 16.1 Å². The molecule has 0 radical (unpaired) electrons. The molecule has 0 fully saturated rings. The van der Waals surface area contributed by atoms with Crippen LogP contribution in [0.5, 0.6) is 0 Å². The summed E-state index contributed by atoms with van der Waals surface area (Å²) in [6.45, 7) is 1.39. The number of nitro groups is 1. The first kappa shape index (κ1) is 15.6. The van der Waals surface area contributed by atoms with Gasteiger partial charge in [-0.15, -0.1) is 5.10 Å². The summed E-state index contributed by atoms with van der Waals surface area (Å²) in [5.74, 6) is -1.21. The Kier molecular flexibility index (Phi) is 4.51. The van der Waals surface area contributed by atoms with Crippen molar-refractivity contribution in [2.24, 2.45) is 0 Å². The molecule has 2 amide bonds. The molecule has 10 heteroatoms. The Morgan fingerprint density at radius 3 is 2.23 bits per heavy atom. The van der Waals surface area contributed by atoms with E-state index in [4.69, 9.17) is 0 Å². The summed E-state index contributed by atoms with van der Waals surface area (Å²) < 4.78 is -0.0233. The average Bonchev–Trinajstić information content (AvgIpc) is 2.82. The minimum Gasteiger partial charge on any atom is -0.358 e. The Labute approximate surface area is 132 Å². The number of carbonyl (C=O) groups excluding carboxylic acids is 2. The van der Waals surface area contributed by atoms with Crippen LogP contribution in [0, 0.1) is 10.1 Å². The highest BCUT2D eigenvalue weighted by Crippen LogP contribution is 2.26. The van der Waals surface area contributed by atoms with E-state index in [1.807, 2.05) is 0 Å². The predicted molar refractivity (Wildman–Crippen MR) is 81.6 cm³/mol. The molecule has 0 spiro atoms. The van der Waals surface area contributed by atoms with Gasteiger partial charge in [0.05, 0.1) is 0 Å². The molecule has 0 saturated carbocycles. The van der Waals surface area contributed by atoms with Gasteiger partial charge >= 0.3 is 5.82 Å². The number of benzene rings is 1. The molecule has 1 heterocycles. The lowest BCUT2D eigenvalue weighted by molar-refractivity contribution is -0.390. The molecular weight excluding hydrogens is 358 g/mol. The second-order valence-corrected chi connectivity index (χ2v) is 5.00. The van der Waals surface area contributed by atoms with Gasteiger partial charge < -0.3 is 20.7 Å². The summed E-state index contributed by atoms with van der Waals surface area (Å²) in [5, 5.41) is 21.6. The number of aromatic nitrogens is 2. The maximum atomic E-state index is 12.0. The minimum atomic E-state index is -0.684. The van der Waals surface area contributed by atoms with Gasteiger partial charge in [0, 0.05) is 18.3 Å². The van der Waals surface area contributed by atoms with Crippen molar-refractivity contribution in [3.8, 4) is 0 Å². The van der Waals surface area contributed by atoms with Crippen molar-refractivity contribution in [3.05, 3.63) is 44.5 Å². The molecule has 0 bridgehead atoms. The highest BCUT2D eigenvalue weighted by molar-refractivity contribution is 9.10. The lowest BCUT2D eigenvalue weighted by Crippen LogP contribution is -2.13. The maximum absolute atomic E-state index is 12.0. The van der Waals surface area contributed by atoms with Crippen LogP contribution in [-0.4, -0.2) is 26.9 Å². The van der Waals surface area contributed by atoms with Crippen LogP contribution in [0.1, 0.15) is 17.4 Å². The van der Waals surface area contributed by atoms with E-state index in [9.17, 15) is 19.7 Å². The van der Waals surface area contributed by atoms with Crippen molar-refractivity contribution in [2.75, 3.05) is 10.6 Å². The van der Waals surface area contributed by atoms with Gasteiger partial charge in [0.25, 0.3) is 5.91 Å². The van der Waals surface area contributed by atoms with Crippen LogP contribution in [-0.2, 0) is 4.79 Å². The molecule has 2 aromatic rings. The molecule has 0 aliphatic heterocycles. The Morgan fingerprint density at radius 2 is 1.77 bits per heavy atom. The van der Waals surface area contributed by atoms with E-state index in [2.05, 4.69) is 36.8 Å². The molecule has 9 nitrogen and oxygen atoms in total. The topological polar surface area (TPSA) is 130 Å². The van der Waals surface area contributed by atoms with Gasteiger partial charge in [0.15, 0.2) is 5.69 Å². The highest BCUT2D eigenvalue weighted by Gasteiger charge is 2.24. The Balaban J connectivity index is 2.12. The summed E-state index contributed by atoms with van der Waals surface area (Å²) in [4.78, 5) is 32.9. The second-order valence-electron chi connectivity index (χ2n) is 4.20. The number of hydrogen-bond donors (Lipinski definition) is 3.